The molecule has 1 aliphatic heterocycles. The molecule has 0 aromatic rings. The fourth-order valence-corrected chi connectivity index (χ4v) is 0.854. The predicted molar refractivity (Wildman–Crippen MR) is 31.3 cm³/mol. The second kappa shape index (κ2) is 3.69. The molecule has 0 saturated carbocycles. The van der Waals surface area contributed by atoms with E-state index >= 15 is 0 Å². The minimum atomic E-state index is 0. The normalized spacial score (nSPS) is 25.0. The zero-order chi connectivity index (χ0) is 5.98. The Morgan fingerprint density at radius 3 is 2.78 bits per heavy atom. The van der Waals surface area contributed by atoms with Crippen molar-refractivity contribution in [2.45, 2.75) is 18.9 Å². The van der Waals surface area contributed by atoms with Gasteiger partial charge in [-0.2, -0.15) is 0 Å². The molecule has 1 fully saturated rings. The third-order valence-electron chi connectivity index (χ3n) is 1.37. The maximum Gasteiger partial charge on any atom is 1.00 e. The number of carbonyl (C=O) groups excluding carboxylic acids is 1. The summed E-state index contributed by atoms with van der Waals surface area (Å²) in [4.78, 5) is 10.4. The van der Waals surface area contributed by atoms with Crippen LogP contribution in [-0.4, -0.2) is 18.5 Å². The number of halogens is 1. The predicted octanol–water partition coefficient (Wildman–Crippen LogP) is -3.66. The lowest BCUT2D eigenvalue weighted by molar-refractivity contribution is -0.119. The first kappa shape index (κ1) is 8.72. The summed E-state index contributed by atoms with van der Waals surface area (Å²) in [6.45, 7) is 0.575. The Morgan fingerprint density at radius 1 is 1.89 bits per heavy atom. The number of amides is 1. The molecular formula is C5H11ClN2O. The van der Waals surface area contributed by atoms with Crippen molar-refractivity contribution in [1.82, 2.24) is 5.32 Å². The summed E-state index contributed by atoms with van der Waals surface area (Å²) in [5, 5.41) is 2.74. The van der Waals surface area contributed by atoms with E-state index in [4.69, 9.17) is 5.73 Å². The Labute approximate surface area is 61.9 Å². The number of carbonyl (C=O) groups is 1. The Morgan fingerprint density at radius 2 is 2.56 bits per heavy atom. The van der Waals surface area contributed by atoms with E-state index in [1.165, 1.54) is 0 Å². The Hall–Kier alpha value is -0.280. The molecule has 1 atom stereocenters. The average molecular weight is 151 g/mol. The lowest BCUT2D eigenvalue weighted by Crippen LogP contribution is -3.00. The first-order chi connectivity index (χ1) is 3.83. The largest absolute Gasteiger partial charge is 1.00 e. The quantitative estimate of drug-likeness (QED) is 0.405. The lowest BCUT2D eigenvalue weighted by Gasteiger charge is -2.02. The molecule has 1 aliphatic rings. The number of nitrogens with two attached hydrogens (primary N) is 1. The summed E-state index contributed by atoms with van der Waals surface area (Å²) in [5.41, 5.74) is 5.28. The molecule has 54 valence electrons. The Kier molecular flexibility index (Phi) is 3.58. The lowest BCUT2D eigenvalue weighted by atomic mass is 10.2. The van der Waals surface area contributed by atoms with Gasteiger partial charge >= 0.3 is 1.43 Å². The highest BCUT2D eigenvalue weighted by Gasteiger charge is 2.17. The summed E-state index contributed by atoms with van der Waals surface area (Å²) in [6.07, 6.45) is 1.57. The summed E-state index contributed by atoms with van der Waals surface area (Å²) >= 11 is 0. The van der Waals surface area contributed by atoms with Gasteiger partial charge in [0.05, 0.1) is 0 Å². The van der Waals surface area contributed by atoms with Crippen molar-refractivity contribution < 1.29 is 18.6 Å². The van der Waals surface area contributed by atoms with Crippen LogP contribution >= 0.6 is 0 Å². The molecule has 1 amide bonds. The van der Waals surface area contributed by atoms with Gasteiger partial charge in [-0.15, -0.1) is 0 Å². The van der Waals surface area contributed by atoms with E-state index in [-0.39, 0.29) is 25.8 Å². The number of hydrogen-bond donors (Lipinski definition) is 2. The van der Waals surface area contributed by atoms with Crippen LogP contribution in [0.25, 0.3) is 0 Å². The minimum absolute atomic E-state index is 0. The molecule has 3 N–H and O–H groups in total. The molecule has 0 radical (unpaired) electrons. The van der Waals surface area contributed by atoms with Gasteiger partial charge < -0.3 is 23.5 Å². The van der Waals surface area contributed by atoms with Crippen molar-refractivity contribution in [3.63, 3.8) is 0 Å². The zero-order valence-electron chi connectivity index (χ0n) is 6.06. The third kappa shape index (κ3) is 2.20. The van der Waals surface area contributed by atoms with Crippen LogP contribution in [0.4, 0.5) is 0 Å². The third-order valence-corrected chi connectivity index (χ3v) is 1.37. The molecular weight excluding hydrogens is 140 g/mol. The van der Waals surface area contributed by atoms with Crippen molar-refractivity contribution in [2.75, 3.05) is 6.54 Å². The molecule has 0 unspecified atom stereocenters. The maximum absolute atomic E-state index is 10.4. The van der Waals surface area contributed by atoms with E-state index in [1.54, 1.807) is 0 Å². The summed E-state index contributed by atoms with van der Waals surface area (Å²) in [6, 6.07) is 0.252. The average Bonchev–Trinajstić information content (AvgIpc) is 2.14. The minimum Gasteiger partial charge on any atom is -1.00 e. The maximum atomic E-state index is 10.4. The Bertz CT molecular complexity index is 112. The molecule has 0 aromatic heterocycles. The van der Waals surface area contributed by atoms with Crippen molar-refractivity contribution in [3.8, 4) is 0 Å². The molecule has 9 heavy (non-hydrogen) atoms. The van der Waals surface area contributed by atoms with Gasteiger partial charge in [-0.25, -0.2) is 0 Å². The molecule has 3 nitrogen and oxygen atoms in total. The van der Waals surface area contributed by atoms with Gasteiger partial charge in [-0.1, -0.05) is 0 Å². The highest BCUT2D eigenvalue weighted by atomic mass is 35.5. The highest BCUT2D eigenvalue weighted by Crippen LogP contribution is 2.03. The molecule has 1 saturated heterocycles. The molecule has 1 heterocycles. The second-order valence-corrected chi connectivity index (χ2v) is 2.04. The standard InChI is InChI=1S/C5H10N2O.ClH/c6-3-4-1-2-5(8)7-4;/h4H,1-3,6H2,(H,7,8);1H/t4-;/m0./s1. The van der Waals surface area contributed by atoms with Crippen molar-refractivity contribution in [3.05, 3.63) is 0 Å². The van der Waals surface area contributed by atoms with Gasteiger partial charge in [-0.3, -0.25) is 4.79 Å². The van der Waals surface area contributed by atoms with Crippen LogP contribution in [0.3, 0.4) is 0 Å². The van der Waals surface area contributed by atoms with Crippen LogP contribution in [0.5, 0.6) is 0 Å². The topological polar surface area (TPSA) is 55.1 Å². The SMILES string of the molecule is NC[C@@H]1CCC(=O)N1.[Cl-].[H+]. The Balaban J connectivity index is 0. The van der Waals surface area contributed by atoms with E-state index < -0.39 is 0 Å². The number of rotatable bonds is 1. The van der Waals surface area contributed by atoms with E-state index in [0.717, 1.165) is 6.42 Å². The number of hydrogen-bond acceptors (Lipinski definition) is 2. The molecule has 4 heteroatoms. The molecule has 0 spiro atoms. The van der Waals surface area contributed by atoms with Crippen molar-refractivity contribution >= 4 is 5.91 Å². The van der Waals surface area contributed by atoms with E-state index in [9.17, 15) is 4.79 Å². The highest BCUT2D eigenvalue weighted by molar-refractivity contribution is 5.78. The summed E-state index contributed by atoms with van der Waals surface area (Å²) in [7, 11) is 0. The van der Waals surface area contributed by atoms with Gasteiger partial charge in [0.2, 0.25) is 5.91 Å². The van der Waals surface area contributed by atoms with Crippen LogP contribution in [-0.2, 0) is 4.79 Å². The van der Waals surface area contributed by atoms with E-state index in [1.807, 2.05) is 0 Å². The van der Waals surface area contributed by atoms with Crippen LogP contribution in [0, 0.1) is 0 Å². The fourth-order valence-electron chi connectivity index (χ4n) is 0.854. The molecule has 0 aliphatic carbocycles. The zero-order valence-corrected chi connectivity index (χ0v) is 5.82. The smallest absolute Gasteiger partial charge is 1.00 e. The van der Waals surface area contributed by atoms with E-state index in [2.05, 4.69) is 5.32 Å². The van der Waals surface area contributed by atoms with Gasteiger partial charge in [0.25, 0.3) is 0 Å². The first-order valence-electron chi connectivity index (χ1n) is 2.82. The van der Waals surface area contributed by atoms with Gasteiger partial charge in [0.15, 0.2) is 0 Å². The first-order valence-corrected chi connectivity index (χ1v) is 2.82. The van der Waals surface area contributed by atoms with Gasteiger partial charge in [-0.05, 0) is 6.42 Å². The monoisotopic (exact) mass is 150 g/mol. The van der Waals surface area contributed by atoms with Crippen molar-refractivity contribution in [1.29, 1.82) is 0 Å². The van der Waals surface area contributed by atoms with Crippen LogP contribution in [0.15, 0.2) is 0 Å². The molecule has 0 aromatic carbocycles. The molecule has 1 rings (SSSR count). The van der Waals surface area contributed by atoms with Gasteiger partial charge in [0.1, 0.15) is 0 Å². The number of nitrogens with one attached hydrogen (secondary N) is 1. The van der Waals surface area contributed by atoms with E-state index in [0.29, 0.717) is 13.0 Å². The fraction of sp³-hybridized carbons (Fsp3) is 0.800. The van der Waals surface area contributed by atoms with Crippen LogP contribution in [0.2, 0.25) is 0 Å². The second-order valence-electron chi connectivity index (χ2n) is 2.04. The summed E-state index contributed by atoms with van der Waals surface area (Å²) < 4.78 is 0. The van der Waals surface area contributed by atoms with Crippen LogP contribution < -0.4 is 23.5 Å². The van der Waals surface area contributed by atoms with Gasteiger partial charge in [0, 0.05) is 19.0 Å². The van der Waals surface area contributed by atoms with Crippen LogP contribution in [0.1, 0.15) is 14.3 Å². The van der Waals surface area contributed by atoms with Crippen molar-refractivity contribution in [2.24, 2.45) is 5.73 Å². The summed E-state index contributed by atoms with van der Waals surface area (Å²) in [5.74, 6) is 0.139. The molecule has 0 bridgehead atoms.